The van der Waals surface area contributed by atoms with Crippen molar-refractivity contribution in [3.05, 3.63) is 27.7 Å². The van der Waals surface area contributed by atoms with Crippen molar-refractivity contribution in [2.75, 3.05) is 39.5 Å². The number of anilines is 1. The van der Waals surface area contributed by atoms with Crippen LogP contribution in [0.3, 0.4) is 0 Å². The third kappa shape index (κ3) is 3.99. The quantitative estimate of drug-likeness (QED) is 0.868. The summed E-state index contributed by atoms with van der Waals surface area (Å²) in [5.74, 6) is 0.759. The molecule has 3 nitrogen and oxygen atoms in total. The van der Waals surface area contributed by atoms with Crippen LogP contribution in [0, 0.1) is 5.92 Å². The van der Waals surface area contributed by atoms with E-state index in [0.29, 0.717) is 15.7 Å². The highest BCUT2D eigenvalue weighted by atomic mass is 35.5. The van der Waals surface area contributed by atoms with E-state index in [1.54, 1.807) is 0 Å². The Morgan fingerprint density at radius 3 is 2.53 bits per heavy atom. The van der Waals surface area contributed by atoms with Crippen LogP contribution in [0.1, 0.15) is 12.0 Å². The normalized spacial score (nSPS) is 20.4. The zero-order valence-electron chi connectivity index (χ0n) is 11.5. The molecule has 1 aliphatic heterocycles. The van der Waals surface area contributed by atoms with Crippen molar-refractivity contribution >= 4 is 28.9 Å². The fourth-order valence-electron chi connectivity index (χ4n) is 2.72. The Hall–Kier alpha value is -0.480. The average molecular weight is 302 g/mol. The first-order chi connectivity index (χ1) is 8.95. The van der Waals surface area contributed by atoms with E-state index in [2.05, 4.69) is 23.9 Å². The lowest BCUT2D eigenvalue weighted by Gasteiger charge is -2.21. The van der Waals surface area contributed by atoms with Gasteiger partial charge < -0.3 is 15.5 Å². The maximum atomic E-state index is 6.06. The number of likely N-dealkylation sites (tertiary alicyclic amines) is 1. The summed E-state index contributed by atoms with van der Waals surface area (Å²) in [5.41, 5.74) is 7.32. The summed E-state index contributed by atoms with van der Waals surface area (Å²) in [4.78, 5) is 4.71. The van der Waals surface area contributed by atoms with Crippen molar-refractivity contribution in [3.8, 4) is 0 Å². The first kappa shape index (κ1) is 14.9. The van der Waals surface area contributed by atoms with Gasteiger partial charge in [-0.1, -0.05) is 23.2 Å². The number of hydrogen-bond acceptors (Lipinski definition) is 3. The molecule has 0 aromatic heterocycles. The molecule has 0 bridgehead atoms. The fraction of sp³-hybridized carbons (Fsp3) is 0.571. The highest BCUT2D eigenvalue weighted by molar-refractivity contribution is 6.38. The molecule has 0 amide bonds. The molecule has 1 aliphatic rings. The zero-order chi connectivity index (χ0) is 14.0. The lowest BCUT2D eigenvalue weighted by atomic mass is 10.1. The van der Waals surface area contributed by atoms with Crippen LogP contribution >= 0.6 is 23.2 Å². The molecule has 0 radical (unpaired) electrons. The van der Waals surface area contributed by atoms with Gasteiger partial charge in [0.05, 0.1) is 15.7 Å². The molecular weight excluding hydrogens is 281 g/mol. The summed E-state index contributed by atoms with van der Waals surface area (Å²) in [6.07, 6.45) is 1.28. The van der Waals surface area contributed by atoms with Crippen LogP contribution < -0.4 is 5.73 Å². The van der Waals surface area contributed by atoms with Crippen LogP contribution in [0.4, 0.5) is 5.69 Å². The van der Waals surface area contributed by atoms with Gasteiger partial charge in [-0.3, -0.25) is 0 Å². The molecule has 1 atom stereocenters. The van der Waals surface area contributed by atoms with Gasteiger partial charge in [0, 0.05) is 19.6 Å². The summed E-state index contributed by atoms with van der Waals surface area (Å²) in [6, 6.07) is 3.81. The van der Waals surface area contributed by atoms with E-state index in [1.807, 2.05) is 12.1 Å². The van der Waals surface area contributed by atoms with E-state index in [0.717, 1.165) is 24.6 Å². The van der Waals surface area contributed by atoms with Crippen LogP contribution in [0.5, 0.6) is 0 Å². The minimum Gasteiger partial charge on any atom is -0.396 e. The van der Waals surface area contributed by atoms with Crippen molar-refractivity contribution in [1.82, 2.24) is 9.80 Å². The van der Waals surface area contributed by atoms with Gasteiger partial charge in [0.15, 0.2) is 0 Å². The first-order valence-electron chi connectivity index (χ1n) is 6.56. The van der Waals surface area contributed by atoms with Gasteiger partial charge in [-0.25, -0.2) is 0 Å². The predicted octanol–water partition coefficient (Wildman–Crippen LogP) is 2.96. The van der Waals surface area contributed by atoms with Gasteiger partial charge in [-0.05, 0) is 50.7 Å². The molecule has 0 aliphatic carbocycles. The lowest BCUT2D eigenvalue weighted by Crippen LogP contribution is -2.27. The average Bonchev–Trinajstić information content (AvgIpc) is 2.71. The Kier molecular flexibility index (Phi) is 4.96. The lowest BCUT2D eigenvalue weighted by molar-refractivity contribution is 0.267. The molecular formula is C14H21Cl2N3. The van der Waals surface area contributed by atoms with Gasteiger partial charge in [-0.2, -0.15) is 0 Å². The molecule has 106 valence electrons. The third-order valence-corrected chi connectivity index (χ3v) is 4.28. The van der Waals surface area contributed by atoms with Gasteiger partial charge in [-0.15, -0.1) is 0 Å². The number of nitrogen functional groups attached to an aromatic ring is 1. The Labute approximate surface area is 125 Å². The second-order valence-corrected chi connectivity index (χ2v) is 6.40. The van der Waals surface area contributed by atoms with E-state index in [-0.39, 0.29) is 0 Å². The standard InChI is InChI=1S/C14H21Cl2N3/c1-18-4-3-10(7-18)8-19(2)9-11-5-12(15)14(17)13(16)6-11/h5-6,10H,3-4,7-9,17H2,1-2H3. The van der Waals surface area contributed by atoms with Crippen LogP contribution in [-0.4, -0.2) is 43.5 Å². The summed E-state index contributed by atoms with van der Waals surface area (Å²) >= 11 is 12.1. The maximum Gasteiger partial charge on any atom is 0.0693 e. The molecule has 1 saturated heterocycles. The van der Waals surface area contributed by atoms with Crippen LogP contribution in [0.2, 0.25) is 10.0 Å². The fourth-order valence-corrected chi connectivity index (χ4v) is 3.25. The summed E-state index contributed by atoms with van der Waals surface area (Å²) in [5, 5.41) is 1.08. The van der Waals surface area contributed by atoms with Crippen LogP contribution in [0.15, 0.2) is 12.1 Å². The second-order valence-electron chi connectivity index (χ2n) is 5.59. The maximum absolute atomic E-state index is 6.06. The van der Waals surface area contributed by atoms with Crippen LogP contribution in [-0.2, 0) is 6.54 Å². The minimum atomic E-state index is 0.465. The number of halogens is 2. The van der Waals surface area contributed by atoms with Crippen molar-refractivity contribution in [3.63, 3.8) is 0 Å². The molecule has 0 spiro atoms. The van der Waals surface area contributed by atoms with E-state index < -0.39 is 0 Å². The Balaban J connectivity index is 1.93. The molecule has 2 N–H and O–H groups in total. The highest BCUT2D eigenvalue weighted by Gasteiger charge is 2.20. The van der Waals surface area contributed by atoms with Crippen LogP contribution in [0.25, 0.3) is 0 Å². The van der Waals surface area contributed by atoms with Crippen molar-refractivity contribution < 1.29 is 0 Å². The van der Waals surface area contributed by atoms with Crippen molar-refractivity contribution in [2.45, 2.75) is 13.0 Å². The molecule has 0 saturated carbocycles. The van der Waals surface area contributed by atoms with Crippen molar-refractivity contribution in [2.24, 2.45) is 5.92 Å². The molecule has 1 heterocycles. The molecule has 1 aromatic carbocycles. The monoisotopic (exact) mass is 301 g/mol. The number of nitrogens with zero attached hydrogens (tertiary/aromatic N) is 2. The van der Waals surface area contributed by atoms with Gasteiger partial charge in [0.2, 0.25) is 0 Å². The van der Waals surface area contributed by atoms with E-state index in [4.69, 9.17) is 28.9 Å². The predicted molar refractivity (Wildman–Crippen MR) is 82.8 cm³/mol. The van der Waals surface area contributed by atoms with E-state index in [1.165, 1.54) is 19.5 Å². The molecule has 19 heavy (non-hydrogen) atoms. The number of rotatable bonds is 4. The Morgan fingerprint density at radius 1 is 1.37 bits per heavy atom. The van der Waals surface area contributed by atoms with E-state index >= 15 is 0 Å². The first-order valence-corrected chi connectivity index (χ1v) is 7.31. The largest absolute Gasteiger partial charge is 0.396 e. The second kappa shape index (κ2) is 6.31. The molecule has 1 aromatic rings. The molecule has 1 unspecified atom stereocenters. The number of benzene rings is 1. The number of nitrogens with two attached hydrogens (primary N) is 1. The Bertz CT molecular complexity index is 427. The summed E-state index contributed by atoms with van der Waals surface area (Å²) in [6.45, 7) is 4.34. The van der Waals surface area contributed by atoms with E-state index in [9.17, 15) is 0 Å². The smallest absolute Gasteiger partial charge is 0.0693 e. The topological polar surface area (TPSA) is 32.5 Å². The van der Waals surface area contributed by atoms with Gasteiger partial charge in [0.25, 0.3) is 0 Å². The molecule has 5 heteroatoms. The number of hydrogen-bond donors (Lipinski definition) is 1. The molecule has 2 rings (SSSR count). The third-order valence-electron chi connectivity index (χ3n) is 3.65. The molecule has 1 fully saturated rings. The minimum absolute atomic E-state index is 0.465. The SMILES string of the molecule is CN1CCC(CN(C)Cc2cc(Cl)c(N)c(Cl)c2)C1. The van der Waals surface area contributed by atoms with Gasteiger partial charge in [0.1, 0.15) is 0 Å². The Morgan fingerprint density at radius 2 is 2.00 bits per heavy atom. The highest BCUT2D eigenvalue weighted by Crippen LogP contribution is 2.29. The van der Waals surface area contributed by atoms with Crippen molar-refractivity contribution in [1.29, 1.82) is 0 Å². The zero-order valence-corrected chi connectivity index (χ0v) is 13.0. The summed E-state index contributed by atoms with van der Waals surface area (Å²) < 4.78 is 0. The summed E-state index contributed by atoms with van der Waals surface area (Å²) in [7, 11) is 4.32. The van der Waals surface area contributed by atoms with Gasteiger partial charge >= 0.3 is 0 Å².